The Morgan fingerprint density at radius 2 is 1.90 bits per heavy atom. The number of hydrogen-bond acceptors (Lipinski definition) is 5. The first-order chi connectivity index (χ1) is 13.8. The summed E-state index contributed by atoms with van der Waals surface area (Å²) >= 11 is 0. The summed E-state index contributed by atoms with van der Waals surface area (Å²) in [6, 6.07) is 11.6. The van der Waals surface area contributed by atoms with Crippen LogP contribution in [-0.4, -0.2) is 17.7 Å². The van der Waals surface area contributed by atoms with Crippen molar-refractivity contribution in [2.75, 3.05) is 5.32 Å². The molecule has 0 aliphatic rings. The number of ether oxygens (including phenoxy) is 2. The number of amides is 1. The summed E-state index contributed by atoms with van der Waals surface area (Å²) in [6.45, 7) is 2.70. The molecule has 0 saturated carbocycles. The van der Waals surface area contributed by atoms with Gasteiger partial charge in [0.25, 0.3) is 5.91 Å². The molecule has 0 saturated heterocycles. The summed E-state index contributed by atoms with van der Waals surface area (Å²) in [5.41, 5.74) is 2.80. The van der Waals surface area contributed by atoms with E-state index >= 15 is 0 Å². The van der Waals surface area contributed by atoms with Crippen molar-refractivity contribution in [1.82, 2.24) is 5.16 Å². The molecule has 0 radical (unpaired) electrons. The molecule has 3 aromatic rings. The number of carbonyl (C=O) groups excluding carboxylic acids is 1. The first kappa shape index (κ1) is 20.3. The average molecular weight is 402 g/mol. The van der Waals surface area contributed by atoms with Crippen molar-refractivity contribution in [1.29, 1.82) is 0 Å². The molecule has 29 heavy (non-hydrogen) atoms. The zero-order valence-electron chi connectivity index (χ0n) is 16.2. The van der Waals surface area contributed by atoms with E-state index < -0.39 is 12.5 Å². The smallest absolute Gasteiger partial charge is 0.387 e. The van der Waals surface area contributed by atoms with Gasteiger partial charge in [-0.25, -0.2) is 0 Å². The van der Waals surface area contributed by atoms with Crippen LogP contribution in [0.4, 0.5) is 14.5 Å². The minimum atomic E-state index is -3.01. The Balaban J connectivity index is 1.76. The molecule has 3 rings (SSSR count). The molecule has 0 aliphatic heterocycles. The van der Waals surface area contributed by atoms with Crippen molar-refractivity contribution in [2.45, 2.75) is 34.0 Å². The highest BCUT2D eigenvalue weighted by Gasteiger charge is 2.22. The van der Waals surface area contributed by atoms with E-state index in [2.05, 4.69) is 15.2 Å². The number of para-hydroxylation sites is 2. The van der Waals surface area contributed by atoms with Gasteiger partial charge in [-0.05, 0) is 56.2 Å². The van der Waals surface area contributed by atoms with Crippen LogP contribution in [0.2, 0.25) is 0 Å². The second-order valence-electron chi connectivity index (χ2n) is 6.43. The highest BCUT2D eigenvalue weighted by molar-refractivity contribution is 6.04. The zero-order chi connectivity index (χ0) is 21.0. The summed E-state index contributed by atoms with van der Waals surface area (Å²) in [5.74, 6) is 0.307. The summed E-state index contributed by atoms with van der Waals surface area (Å²) in [5, 5.41) is 6.32. The Morgan fingerprint density at radius 1 is 1.14 bits per heavy atom. The van der Waals surface area contributed by atoms with Crippen molar-refractivity contribution in [2.24, 2.45) is 0 Å². The van der Waals surface area contributed by atoms with Gasteiger partial charge in [-0.3, -0.25) is 4.79 Å². The Hall–Kier alpha value is -3.42. The lowest BCUT2D eigenvalue weighted by Gasteiger charge is -2.12. The lowest BCUT2D eigenvalue weighted by molar-refractivity contribution is -0.0493. The molecule has 0 bridgehead atoms. The van der Waals surface area contributed by atoms with Crippen molar-refractivity contribution < 1.29 is 27.6 Å². The highest BCUT2D eigenvalue weighted by Crippen LogP contribution is 2.27. The van der Waals surface area contributed by atoms with E-state index in [-0.39, 0.29) is 23.7 Å². The SMILES string of the molecule is Cc1ccc(OCc2c(C(=O)Nc3ccccc3OC(F)F)noc2C)cc1C. The maximum Gasteiger partial charge on any atom is 0.387 e. The minimum Gasteiger partial charge on any atom is -0.489 e. The Bertz CT molecular complexity index is 1020. The molecular weight excluding hydrogens is 382 g/mol. The quantitative estimate of drug-likeness (QED) is 0.600. The van der Waals surface area contributed by atoms with Gasteiger partial charge in [0, 0.05) is 0 Å². The van der Waals surface area contributed by atoms with Gasteiger partial charge in [0.2, 0.25) is 0 Å². The van der Waals surface area contributed by atoms with Gasteiger partial charge >= 0.3 is 6.61 Å². The molecule has 0 spiro atoms. The summed E-state index contributed by atoms with van der Waals surface area (Å²) in [4.78, 5) is 12.7. The summed E-state index contributed by atoms with van der Waals surface area (Å²) in [6.07, 6.45) is 0. The maximum atomic E-state index is 12.7. The predicted molar refractivity (Wildman–Crippen MR) is 103 cm³/mol. The number of alkyl halides is 2. The Labute approximate surface area is 166 Å². The number of benzene rings is 2. The predicted octanol–water partition coefficient (Wildman–Crippen LogP) is 5.03. The molecule has 1 N–H and O–H groups in total. The molecule has 152 valence electrons. The second kappa shape index (κ2) is 8.72. The number of anilines is 1. The van der Waals surface area contributed by atoms with E-state index in [4.69, 9.17) is 9.26 Å². The summed E-state index contributed by atoms with van der Waals surface area (Å²) in [7, 11) is 0. The van der Waals surface area contributed by atoms with E-state index in [1.807, 2.05) is 32.0 Å². The topological polar surface area (TPSA) is 73.6 Å². The van der Waals surface area contributed by atoms with Gasteiger partial charge < -0.3 is 19.3 Å². The number of nitrogens with one attached hydrogen (secondary N) is 1. The van der Waals surface area contributed by atoms with Gasteiger partial charge in [-0.1, -0.05) is 23.4 Å². The van der Waals surface area contributed by atoms with Crippen LogP contribution >= 0.6 is 0 Å². The molecule has 1 aromatic heterocycles. The lowest BCUT2D eigenvalue weighted by Crippen LogP contribution is -2.16. The van der Waals surface area contributed by atoms with Gasteiger partial charge in [-0.15, -0.1) is 0 Å². The molecule has 0 atom stereocenters. The lowest BCUT2D eigenvalue weighted by atomic mass is 10.1. The average Bonchev–Trinajstić information content (AvgIpc) is 3.04. The number of aromatic nitrogens is 1. The first-order valence-corrected chi connectivity index (χ1v) is 8.85. The Kier molecular flexibility index (Phi) is 6.11. The van der Waals surface area contributed by atoms with Crippen LogP contribution in [-0.2, 0) is 6.61 Å². The molecule has 0 unspecified atom stereocenters. The van der Waals surface area contributed by atoms with E-state index in [0.717, 1.165) is 11.1 Å². The van der Waals surface area contributed by atoms with Crippen molar-refractivity contribution >= 4 is 11.6 Å². The van der Waals surface area contributed by atoms with E-state index in [1.54, 1.807) is 13.0 Å². The number of rotatable bonds is 7. The molecule has 2 aromatic carbocycles. The third-order valence-electron chi connectivity index (χ3n) is 4.41. The second-order valence-corrected chi connectivity index (χ2v) is 6.43. The molecule has 1 amide bonds. The molecule has 0 aliphatic carbocycles. The third-order valence-corrected chi connectivity index (χ3v) is 4.41. The Morgan fingerprint density at radius 3 is 2.62 bits per heavy atom. The standard InChI is InChI=1S/C21H20F2N2O4/c1-12-8-9-15(10-13(12)2)27-11-16-14(3)29-25-19(16)20(26)24-17-6-4-5-7-18(17)28-21(22)23/h4-10,21H,11H2,1-3H3,(H,24,26). The van der Waals surface area contributed by atoms with E-state index in [1.165, 1.54) is 18.2 Å². The van der Waals surface area contributed by atoms with Crippen molar-refractivity contribution in [3.05, 3.63) is 70.6 Å². The fraction of sp³-hybridized carbons (Fsp3) is 0.238. The molecular formula is C21H20F2N2O4. The number of aryl methyl sites for hydroxylation is 3. The molecule has 1 heterocycles. The molecule has 6 nitrogen and oxygen atoms in total. The highest BCUT2D eigenvalue weighted by atomic mass is 19.3. The third kappa shape index (κ3) is 4.90. The van der Waals surface area contributed by atoms with Gasteiger partial charge in [0.05, 0.1) is 11.3 Å². The fourth-order valence-electron chi connectivity index (χ4n) is 2.65. The van der Waals surface area contributed by atoms with Crippen molar-refractivity contribution in [3.8, 4) is 11.5 Å². The fourth-order valence-corrected chi connectivity index (χ4v) is 2.65. The molecule has 8 heteroatoms. The number of carbonyl (C=O) groups is 1. The molecule has 0 fully saturated rings. The van der Waals surface area contributed by atoms with Gasteiger partial charge in [-0.2, -0.15) is 8.78 Å². The zero-order valence-corrected chi connectivity index (χ0v) is 16.2. The summed E-state index contributed by atoms with van der Waals surface area (Å²) < 4.78 is 40.5. The number of halogens is 2. The van der Waals surface area contributed by atoms with Gasteiger partial charge in [0.1, 0.15) is 23.9 Å². The van der Waals surface area contributed by atoms with Gasteiger partial charge in [0.15, 0.2) is 5.69 Å². The van der Waals surface area contributed by atoms with Crippen LogP contribution in [0.1, 0.15) is 32.9 Å². The van der Waals surface area contributed by atoms with E-state index in [0.29, 0.717) is 17.1 Å². The van der Waals surface area contributed by atoms with Crippen LogP contribution in [0.15, 0.2) is 47.0 Å². The monoisotopic (exact) mass is 402 g/mol. The van der Waals surface area contributed by atoms with Crippen LogP contribution < -0.4 is 14.8 Å². The number of nitrogens with zero attached hydrogens (tertiary/aromatic N) is 1. The largest absolute Gasteiger partial charge is 0.489 e. The maximum absolute atomic E-state index is 12.7. The van der Waals surface area contributed by atoms with Crippen LogP contribution in [0.5, 0.6) is 11.5 Å². The number of hydrogen-bond donors (Lipinski definition) is 1. The van der Waals surface area contributed by atoms with Crippen LogP contribution in [0, 0.1) is 20.8 Å². The van der Waals surface area contributed by atoms with Crippen LogP contribution in [0.25, 0.3) is 0 Å². The normalized spacial score (nSPS) is 10.8. The van der Waals surface area contributed by atoms with Crippen molar-refractivity contribution in [3.63, 3.8) is 0 Å². The van der Waals surface area contributed by atoms with Crippen LogP contribution in [0.3, 0.4) is 0 Å². The first-order valence-electron chi connectivity index (χ1n) is 8.85. The van der Waals surface area contributed by atoms with E-state index in [9.17, 15) is 13.6 Å². The minimum absolute atomic E-state index is 0.0122.